The summed E-state index contributed by atoms with van der Waals surface area (Å²) in [5.74, 6) is -8.30. The number of Topliss-reactive ketones (excluding diaryl/α,β-unsaturated/α-hetero) is 3. The van der Waals surface area contributed by atoms with Gasteiger partial charge in [0.2, 0.25) is 5.79 Å². The average Bonchev–Trinajstić information content (AvgIpc) is 3.40. The zero-order chi connectivity index (χ0) is 55.7. The minimum Gasteiger partial charge on any atom is -0.460 e. The quantitative estimate of drug-likeness (QED) is 0.115. The number of ketones is 3. The predicted octanol–water partition coefficient (Wildman–Crippen LogP) is 8.16. The maximum atomic E-state index is 14.6. The van der Waals surface area contributed by atoms with Gasteiger partial charge < -0.3 is 48.9 Å². The number of piperidine rings is 1. The molecule has 1 aromatic rings. The number of carbonyl (C=O) groups is 6. The zero-order valence-corrected chi connectivity index (χ0v) is 46.8. The first kappa shape index (κ1) is 62.0. The van der Waals surface area contributed by atoms with Gasteiger partial charge in [0.1, 0.15) is 36.2 Å². The van der Waals surface area contributed by atoms with Crippen molar-refractivity contribution in [2.24, 2.45) is 35.5 Å². The van der Waals surface area contributed by atoms with Crippen LogP contribution < -0.4 is 5.32 Å². The highest BCUT2D eigenvalue weighted by Gasteiger charge is 2.53. The van der Waals surface area contributed by atoms with Crippen molar-refractivity contribution in [2.45, 2.75) is 186 Å². The molecule has 0 unspecified atom stereocenters. The molecular formula is C60H88N2O14. The van der Waals surface area contributed by atoms with Gasteiger partial charge >= 0.3 is 12.1 Å². The van der Waals surface area contributed by atoms with Crippen LogP contribution in [0, 0.1) is 35.5 Å². The second kappa shape index (κ2) is 29.8. The third-order valence-electron chi connectivity index (χ3n) is 16.2. The maximum absolute atomic E-state index is 14.6. The minimum atomic E-state index is -2.45. The van der Waals surface area contributed by atoms with Gasteiger partial charge in [-0.15, -0.1) is 0 Å². The Balaban J connectivity index is 1.41. The van der Waals surface area contributed by atoms with Crippen molar-refractivity contribution in [3.05, 3.63) is 83.5 Å². The number of methoxy groups -OCH3 is 3. The summed E-state index contributed by atoms with van der Waals surface area (Å²) in [5.41, 5.74) is 2.34. The molecular weight excluding hydrogens is 973 g/mol. The number of nitrogens with one attached hydrogen (secondary N) is 1. The van der Waals surface area contributed by atoms with E-state index in [4.69, 9.17) is 28.4 Å². The molecule has 422 valence electrons. The van der Waals surface area contributed by atoms with Crippen LogP contribution in [-0.2, 0) is 58.8 Å². The first-order valence-electron chi connectivity index (χ1n) is 27.7. The molecule has 3 aliphatic heterocycles. The summed E-state index contributed by atoms with van der Waals surface area (Å²) in [4.78, 5) is 85.6. The molecule has 2 saturated heterocycles. The number of amides is 2. The second-order valence-electron chi connectivity index (χ2n) is 22.1. The first-order valence-corrected chi connectivity index (χ1v) is 27.7. The highest BCUT2D eigenvalue weighted by molar-refractivity contribution is 6.39. The lowest BCUT2D eigenvalue weighted by molar-refractivity contribution is -0.265. The summed E-state index contributed by atoms with van der Waals surface area (Å²) < 4.78 is 35.7. The van der Waals surface area contributed by atoms with E-state index < -0.39 is 102 Å². The van der Waals surface area contributed by atoms with Crippen molar-refractivity contribution in [3.63, 3.8) is 0 Å². The van der Waals surface area contributed by atoms with Gasteiger partial charge in [-0.2, -0.15) is 0 Å². The van der Waals surface area contributed by atoms with E-state index in [-0.39, 0.29) is 42.8 Å². The van der Waals surface area contributed by atoms with Crippen LogP contribution in [0.4, 0.5) is 4.79 Å². The smallest absolute Gasteiger partial charge is 0.407 e. The summed E-state index contributed by atoms with van der Waals surface area (Å²) in [6.45, 7) is 13.1. The Hall–Kier alpha value is -4.84. The molecule has 0 spiro atoms. The second-order valence-corrected chi connectivity index (χ2v) is 22.1. The number of esters is 1. The number of hydrogen-bond donors (Lipinski definition) is 3. The lowest BCUT2D eigenvalue weighted by atomic mass is 9.78. The Morgan fingerprint density at radius 1 is 0.855 bits per heavy atom. The van der Waals surface area contributed by atoms with Crippen LogP contribution in [0.2, 0.25) is 0 Å². The van der Waals surface area contributed by atoms with Gasteiger partial charge in [-0.3, -0.25) is 19.2 Å². The maximum Gasteiger partial charge on any atom is 0.407 e. The Labute approximate surface area is 451 Å². The van der Waals surface area contributed by atoms with Crippen LogP contribution in [0.1, 0.15) is 131 Å². The highest BCUT2D eigenvalue weighted by atomic mass is 16.6. The van der Waals surface area contributed by atoms with E-state index in [1.165, 1.54) is 12.0 Å². The molecule has 0 radical (unpaired) electrons. The largest absolute Gasteiger partial charge is 0.460 e. The number of aliphatic hydroxyl groups excluding tert-OH is 1. The molecule has 1 saturated carbocycles. The minimum absolute atomic E-state index is 0.00365. The molecule has 4 aliphatic rings. The third kappa shape index (κ3) is 17.1. The van der Waals surface area contributed by atoms with Crippen molar-refractivity contribution in [1.82, 2.24) is 10.2 Å². The van der Waals surface area contributed by atoms with E-state index in [1.54, 1.807) is 41.1 Å². The lowest BCUT2D eigenvalue weighted by Gasteiger charge is -2.42. The number of alkyl carbamates (subject to hydrolysis) is 1. The summed E-state index contributed by atoms with van der Waals surface area (Å²) in [6, 6.07) is 8.65. The molecule has 3 heterocycles. The highest BCUT2D eigenvalue weighted by Crippen LogP contribution is 2.38. The van der Waals surface area contributed by atoms with Crippen LogP contribution >= 0.6 is 0 Å². The van der Waals surface area contributed by atoms with Gasteiger partial charge in [-0.05, 0) is 119 Å². The third-order valence-corrected chi connectivity index (χ3v) is 16.2. The number of carbonyl (C=O) groups excluding carboxylic acids is 6. The van der Waals surface area contributed by atoms with Gasteiger partial charge in [0, 0.05) is 65.0 Å². The standard InChI is InChI=1S/C60H88N2O14/c1-37-19-13-11-14-20-38(2)50(71-8)35-46-26-24-43(7)60(70,76-46)56(66)57(67)62-30-18-17-23-47(62)58(68)74-51(36-48(63)39(3)32-42(6)54(65)55(73-10)53(64)41(5)31-37)40(4)33-45-25-27-49(52(34-45)72-9)75-59(69)61-29-28-44-21-15-12-16-22-44/h11-16,19-22,32,37,39-41,43,45-47,49-52,54-55,65,70H,17-18,23-31,33-36H2,1-10H3,(H,61,69)/b14-11?,19-13+,38-20?,42-32+/t37-,39-,40-,41-,43-,45+,46+,47+,49-,50+,51+,52-,54-,55+,60-/m1/s1. The number of hydrogen-bond acceptors (Lipinski definition) is 14. The molecule has 1 aliphatic carbocycles. The molecule has 15 atom stereocenters. The molecule has 5 rings (SSSR count). The summed E-state index contributed by atoms with van der Waals surface area (Å²) in [5, 5.41) is 26.4. The fourth-order valence-electron chi connectivity index (χ4n) is 11.4. The van der Waals surface area contributed by atoms with Crippen molar-refractivity contribution in [3.8, 4) is 0 Å². The van der Waals surface area contributed by atoms with E-state index in [0.29, 0.717) is 82.7 Å². The van der Waals surface area contributed by atoms with E-state index in [9.17, 15) is 39.0 Å². The van der Waals surface area contributed by atoms with E-state index in [1.807, 2.05) is 88.4 Å². The molecule has 1 aromatic carbocycles. The number of aliphatic hydroxyl groups is 2. The summed E-state index contributed by atoms with van der Waals surface area (Å²) >= 11 is 0. The summed E-state index contributed by atoms with van der Waals surface area (Å²) in [7, 11) is 4.53. The fourth-order valence-corrected chi connectivity index (χ4v) is 11.4. The van der Waals surface area contributed by atoms with E-state index in [0.717, 1.165) is 11.1 Å². The number of fused-ring (bicyclic) bond motifs is 3. The van der Waals surface area contributed by atoms with E-state index in [2.05, 4.69) is 5.32 Å². The number of allylic oxidation sites excluding steroid dienone is 6. The van der Waals surface area contributed by atoms with Crippen LogP contribution in [-0.4, -0.2) is 139 Å². The Morgan fingerprint density at radius 3 is 2.29 bits per heavy atom. The average molecular weight is 1060 g/mol. The number of nitrogens with zero attached hydrogens (tertiary/aromatic N) is 1. The topological polar surface area (TPSA) is 214 Å². The zero-order valence-electron chi connectivity index (χ0n) is 46.8. The number of ether oxygens (including phenoxy) is 6. The van der Waals surface area contributed by atoms with Crippen molar-refractivity contribution in [2.75, 3.05) is 34.4 Å². The van der Waals surface area contributed by atoms with Gasteiger partial charge in [0.05, 0.1) is 18.3 Å². The first-order chi connectivity index (χ1) is 36.2. The summed E-state index contributed by atoms with van der Waals surface area (Å²) in [6.07, 6.45) is 10.9. The lowest BCUT2D eigenvalue weighted by Crippen LogP contribution is -2.61. The molecule has 2 bridgehead atoms. The van der Waals surface area contributed by atoms with Crippen LogP contribution in [0.15, 0.2) is 77.9 Å². The Bertz CT molecular complexity index is 2230. The van der Waals surface area contributed by atoms with Crippen LogP contribution in [0.5, 0.6) is 0 Å². The molecule has 76 heavy (non-hydrogen) atoms. The van der Waals surface area contributed by atoms with Crippen molar-refractivity contribution < 1.29 is 67.4 Å². The van der Waals surface area contributed by atoms with Crippen LogP contribution in [0.25, 0.3) is 0 Å². The number of cyclic esters (lactones) is 1. The number of benzene rings is 1. The van der Waals surface area contributed by atoms with E-state index >= 15 is 0 Å². The molecule has 3 fully saturated rings. The molecule has 2 amide bonds. The monoisotopic (exact) mass is 1060 g/mol. The predicted molar refractivity (Wildman–Crippen MR) is 288 cm³/mol. The fraction of sp³-hybridized carbons (Fsp3) is 0.667. The molecule has 16 nitrogen and oxygen atoms in total. The van der Waals surface area contributed by atoms with Gasteiger partial charge in [0.15, 0.2) is 5.78 Å². The molecule has 0 aromatic heterocycles. The van der Waals surface area contributed by atoms with Gasteiger partial charge in [-0.1, -0.05) is 101 Å². The van der Waals surface area contributed by atoms with Gasteiger partial charge in [-0.25, -0.2) is 9.59 Å². The van der Waals surface area contributed by atoms with Crippen molar-refractivity contribution >= 4 is 35.3 Å². The molecule has 16 heteroatoms. The normalized spacial score (nSPS) is 35.0. The van der Waals surface area contributed by atoms with Crippen molar-refractivity contribution in [1.29, 1.82) is 0 Å². The number of rotatable bonds is 10. The van der Waals surface area contributed by atoms with Crippen LogP contribution in [0.3, 0.4) is 0 Å². The Kier molecular flexibility index (Phi) is 24.3. The molecule has 3 N–H and O–H groups in total. The Morgan fingerprint density at radius 2 is 1.59 bits per heavy atom. The SMILES string of the molecule is CO[C@H]1C[C@@H]2CC[C@@H](C)[C@@](O)(O2)C(=O)C(=O)N2CCCC[C@H]2C(=O)O[C@H]([C@H](C)C[C@@H]2CC[C@@H](OC(=O)NCCc3ccccc3)[C@H](OC)C2)CC(=O)[C@H](C)/C=C(\C)[C@@H](O)[C@@H](OC)C(=O)[C@H](C)C[C@H](C)/C=C/C=CC=C1C. The van der Waals surface area contributed by atoms with Gasteiger partial charge in [0.25, 0.3) is 11.7 Å².